The van der Waals surface area contributed by atoms with Crippen molar-refractivity contribution in [1.82, 2.24) is 10.2 Å². The lowest BCUT2D eigenvalue weighted by Gasteiger charge is -2.23. The highest BCUT2D eigenvalue weighted by atomic mass is 127. The molecule has 0 unspecified atom stereocenters. The van der Waals surface area contributed by atoms with E-state index in [4.69, 9.17) is 10.1 Å². The van der Waals surface area contributed by atoms with Gasteiger partial charge in [-0.2, -0.15) is 0 Å². The number of aliphatic imine (C=N–C) groups is 1. The van der Waals surface area contributed by atoms with Crippen LogP contribution in [0.25, 0.3) is 0 Å². The Morgan fingerprint density at radius 3 is 2.44 bits per heavy atom. The summed E-state index contributed by atoms with van der Waals surface area (Å²) >= 11 is 0. The normalized spacial score (nSPS) is 17.3. The molecule has 0 bridgehead atoms. The molecule has 0 radical (unpaired) electrons. The molecule has 1 aliphatic heterocycles. The fourth-order valence-electron chi connectivity index (χ4n) is 2.86. The molecule has 6 nitrogen and oxygen atoms in total. The number of nitrogens with two attached hydrogens (primary N) is 1. The van der Waals surface area contributed by atoms with Crippen LogP contribution in [0.3, 0.4) is 0 Å². The highest BCUT2D eigenvalue weighted by molar-refractivity contribution is 14.0. The van der Waals surface area contributed by atoms with Crippen LogP contribution in [-0.4, -0.2) is 45.5 Å². The first-order chi connectivity index (χ1) is 11.2. The minimum Gasteiger partial charge on any atom is -0.357 e. The zero-order valence-electron chi connectivity index (χ0n) is 15.2. The van der Waals surface area contributed by atoms with Gasteiger partial charge in [0.15, 0.2) is 5.96 Å². The van der Waals surface area contributed by atoms with Crippen molar-refractivity contribution in [3.8, 4) is 0 Å². The fraction of sp³-hybridized carbons (Fsp3) is 0.588. The minimum absolute atomic E-state index is 0. The van der Waals surface area contributed by atoms with E-state index in [0.717, 1.165) is 37.6 Å². The van der Waals surface area contributed by atoms with E-state index in [-0.39, 0.29) is 28.9 Å². The highest BCUT2D eigenvalue weighted by Gasteiger charge is 2.30. The number of hydrogen-bond donors (Lipinski definition) is 2. The quantitative estimate of drug-likeness (QED) is 0.384. The summed E-state index contributed by atoms with van der Waals surface area (Å²) in [4.78, 5) is 7.17. The van der Waals surface area contributed by atoms with Gasteiger partial charge in [-0.05, 0) is 42.9 Å². The Balaban J connectivity index is 0.00000312. The van der Waals surface area contributed by atoms with E-state index in [0.29, 0.717) is 12.0 Å². The van der Waals surface area contributed by atoms with Crippen LogP contribution < -0.4 is 10.5 Å². The number of benzene rings is 1. The Kier molecular flexibility index (Phi) is 8.14. The van der Waals surface area contributed by atoms with Gasteiger partial charge in [0.1, 0.15) is 0 Å². The molecule has 1 fully saturated rings. The van der Waals surface area contributed by atoms with Crippen molar-refractivity contribution in [2.24, 2.45) is 15.5 Å². The third-order valence-corrected chi connectivity index (χ3v) is 5.15. The molecule has 25 heavy (non-hydrogen) atoms. The molecule has 0 atom stereocenters. The number of likely N-dealkylation sites (tertiary alicyclic amines) is 1. The fourth-order valence-corrected chi connectivity index (χ4v) is 3.37. The van der Waals surface area contributed by atoms with Crippen LogP contribution >= 0.6 is 24.0 Å². The number of halogens is 1. The van der Waals surface area contributed by atoms with Crippen LogP contribution in [0.5, 0.6) is 0 Å². The number of primary sulfonamides is 1. The summed E-state index contributed by atoms with van der Waals surface area (Å²) in [5, 5.41) is 8.47. The minimum atomic E-state index is -3.63. The van der Waals surface area contributed by atoms with Gasteiger partial charge >= 0.3 is 0 Å². The average Bonchev–Trinajstić information content (AvgIpc) is 2.86. The summed E-state index contributed by atoms with van der Waals surface area (Å²) < 4.78 is 22.5. The lowest BCUT2D eigenvalue weighted by atomic mass is 9.93. The van der Waals surface area contributed by atoms with Crippen LogP contribution in [-0.2, 0) is 16.4 Å². The van der Waals surface area contributed by atoms with E-state index in [1.54, 1.807) is 24.3 Å². The summed E-state index contributed by atoms with van der Waals surface area (Å²) in [6.07, 6.45) is 1.93. The monoisotopic (exact) mass is 480 g/mol. The van der Waals surface area contributed by atoms with Crippen molar-refractivity contribution in [3.63, 3.8) is 0 Å². The van der Waals surface area contributed by atoms with Crippen LogP contribution in [0.2, 0.25) is 0 Å². The molecule has 0 aliphatic carbocycles. The Bertz CT molecular complexity index is 687. The summed E-state index contributed by atoms with van der Waals surface area (Å²) in [5.41, 5.74) is 1.38. The lowest BCUT2D eigenvalue weighted by Crippen LogP contribution is -2.40. The van der Waals surface area contributed by atoms with Crippen LogP contribution in [0, 0.1) is 5.41 Å². The van der Waals surface area contributed by atoms with Gasteiger partial charge in [-0.3, -0.25) is 4.99 Å². The van der Waals surface area contributed by atoms with Crippen molar-refractivity contribution in [1.29, 1.82) is 0 Å². The molecule has 0 spiro atoms. The molecule has 2 rings (SSSR count). The molecule has 8 heteroatoms. The Labute approximate surface area is 168 Å². The van der Waals surface area contributed by atoms with Crippen molar-refractivity contribution in [3.05, 3.63) is 29.8 Å². The maximum absolute atomic E-state index is 11.3. The topological polar surface area (TPSA) is 87.8 Å². The van der Waals surface area contributed by atoms with Gasteiger partial charge in [-0.1, -0.05) is 26.0 Å². The van der Waals surface area contributed by atoms with Crippen molar-refractivity contribution >= 4 is 40.0 Å². The summed E-state index contributed by atoms with van der Waals surface area (Å²) in [6, 6.07) is 6.67. The van der Waals surface area contributed by atoms with Gasteiger partial charge in [-0.25, -0.2) is 13.6 Å². The van der Waals surface area contributed by atoms with Crippen LogP contribution in [0.4, 0.5) is 0 Å². The maximum Gasteiger partial charge on any atom is 0.238 e. The van der Waals surface area contributed by atoms with Gasteiger partial charge in [0, 0.05) is 26.2 Å². The first kappa shape index (κ1) is 22.2. The third-order valence-electron chi connectivity index (χ3n) is 4.23. The second kappa shape index (κ2) is 9.18. The van der Waals surface area contributed by atoms with Gasteiger partial charge in [0.2, 0.25) is 10.0 Å². The summed E-state index contributed by atoms with van der Waals surface area (Å²) in [5.74, 6) is 0.962. The molecule has 1 saturated heterocycles. The summed E-state index contributed by atoms with van der Waals surface area (Å²) in [7, 11) is -3.63. The molecule has 1 aromatic rings. The van der Waals surface area contributed by atoms with E-state index >= 15 is 0 Å². The molecular weight excluding hydrogens is 451 g/mol. The predicted octanol–water partition coefficient (Wildman–Crippen LogP) is 2.19. The number of nitrogens with zero attached hydrogens (tertiary/aromatic N) is 2. The SMILES string of the molecule is CCNC(=NCCc1ccc(S(N)(=O)=O)cc1)N1CCC(C)(C)C1.I. The van der Waals surface area contributed by atoms with E-state index in [1.807, 2.05) is 0 Å². The molecule has 0 saturated carbocycles. The van der Waals surface area contributed by atoms with Gasteiger partial charge in [0.05, 0.1) is 4.90 Å². The molecular formula is C17H29IN4O2S. The van der Waals surface area contributed by atoms with Crippen molar-refractivity contribution < 1.29 is 8.42 Å². The largest absolute Gasteiger partial charge is 0.357 e. The molecule has 3 N–H and O–H groups in total. The predicted molar refractivity (Wildman–Crippen MR) is 113 cm³/mol. The standard InChI is InChI=1S/C17H28N4O2S.HI/c1-4-19-16(21-12-10-17(2,3)13-21)20-11-9-14-5-7-15(8-6-14)24(18,22)23;/h5-8H,4,9-13H2,1-3H3,(H,19,20)(H2,18,22,23);1H. The first-order valence-electron chi connectivity index (χ1n) is 8.36. The van der Waals surface area contributed by atoms with Gasteiger partial charge in [0.25, 0.3) is 0 Å². The third kappa shape index (κ3) is 6.74. The van der Waals surface area contributed by atoms with Crippen molar-refractivity contribution in [2.75, 3.05) is 26.2 Å². The molecule has 1 aliphatic rings. The van der Waals surface area contributed by atoms with E-state index in [9.17, 15) is 8.42 Å². The van der Waals surface area contributed by atoms with Crippen LogP contribution in [0.15, 0.2) is 34.2 Å². The number of hydrogen-bond acceptors (Lipinski definition) is 3. The van der Waals surface area contributed by atoms with Crippen LogP contribution in [0.1, 0.15) is 32.8 Å². The Morgan fingerprint density at radius 2 is 1.96 bits per heavy atom. The second-order valence-corrected chi connectivity index (χ2v) is 8.57. The van der Waals surface area contributed by atoms with E-state index in [2.05, 4.69) is 31.0 Å². The molecule has 142 valence electrons. The zero-order valence-corrected chi connectivity index (χ0v) is 18.3. The average molecular weight is 480 g/mol. The number of rotatable bonds is 5. The maximum atomic E-state index is 11.3. The van der Waals surface area contributed by atoms with Gasteiger partial charge in [-0.15, -0.1) is 24.0 Å². The number of nitrogens with one attached hydrogen (secondary N) is 1. The highest BCUT2D eigenvalue weighted by Crippen LogP contribution is 2.28. The second-order valence-electron chi connectivity index (χ2n) is 7.01. The number of sulfonamides is 1. The molecule has 1 aromatic carbocycles. The Morgan fingerprint density at radius 1 is 1.32 bits per heavy atom. The summed E-state index contributed by atoms with van der Waals surface area (Å²) in [6.45, 7) is 10.2. The van der Waals surface area contributed by atoms with E-state index in [1.165, 1.54) is 6.42 Å². The van der Waals surface area contributed by atoms with Crippen molar-refractivity contribution in [2.45, 2.75) is 38.5 Å². The molecule has 0 amide bonds. The smallest absolute Gasteiger partial charge is 0.238 e. The Hall–Kier alpha value is -0.870. The molecule has 1 heterocycles. The lowest BCUT2D eigenvalue weighted by molar-refractivity contribution is 0.370. The first-order valence-corrected chi connectivity index (χ1v) is 9.91. The van der Waals surface area contributed by atoms with E-state index < -0.39 is 10.0 Å². The molecule has 0 aromatic heterocycles. The number of guanidine groups is 1. The zero-order chi connectivity index (χ0) is 17.8. The van der Waals surface area contributed by atoms with Gasteiger partial charge < -0.3 is 10.2 Å².